The number of esters is 2. The van der Waals surface area contributed by atoms with Crippen LogP contribution in [0.25, 0.3) is 0 Å². The fourth-order valence-corrected chi connectivity index (χ4v) is 1.64. The third-order valence-electron chi connectivity index (χ3n) is 3.08. The van der Waals surface area contributed by atoms with Gasteiger partial charge < -0.3 is 28.4 Å². The zero-order valence-corrected chi connectivity index (χ0v) is 16.2. The molecule has 8 heteroatoms. The molecule has 0 bridgehead atoms. The highest BCUT2D eigenvalue weighted by Crippen LogP contribution is 1.90. The van der Waals surface area contributed by atoms with Crippen molar-refractivity contribution >= 4 is 11.9 Å². The maximum absolute atomic E-state index is 11.4. The molecule has 0 saturated heterocycles. The van der Waals surface area contributed by atoms with Gasteiger partial charge in [0.2, 0.25) is 0 Å². The molecule has 0 rings (SSSR count). The average molecular weight is 378 g/mol. The second-order valence-corrected chi connectivity index (χ2v) is 5.48. The highest BCUT2D eigenvalue weighted by Gasteiger charge is 2.05. The Bertz CT molecular complexity index is 303. The van der Waals surface area contributed by atoms with Crippen molar-refractivity contribution in [2.24, 2.45) is 0 Å². The molecule has 0 aliphatic carbocycles. The van der Waals surface area contributed by atoms with Gasteiger partial charge in [-0.15, -0.1) is 0 Å². The van der Waals surface area contributed by atoms with Gasteiger partial charge in [-0.25, -0.2) is 9.59 Å². The van der Waals surface area contributed by atoms with Crippen LogP contribution >= 0.6 is 0 Å². The summed E-state index contributed by atoms with van der Waals surface area (Å²) in [5.41, 5.74) is 0. The van der Waals surface area contributed by atoms with E-state index in [2.05, 4.69) is 13.8 Å². The second kappa shape index (κ2) is 20.1. The molecule has 0 radical (unpaired) electrons. The van der Waals surface area contributed by atoms with Crippen LogP contribution in [-0.2, 0) is 38.0 Å². The second-order valence-electron chi connectivity index (χ2n) is 5.48. The number of rotatable bonds is 19. The summed E-state index contributed by atoms with van der Waals surface area (Å²) in [7, 11) is 0. The van der Waals surface area contributed by atoms with Gasteiger partial charge in [-0.1, -0.05) is 26.7 Å². The summed E-state index contributed by atoms with van der Waals surface area (Å²) in [6.45, 7) is 6.80. The van der Waals surface area contributed by atoms with Crippen LogP contribution in [0.1, 0.15) is 39.5 Å². The number of carbonyl (C=O) groups is 2. The maximum atomic E-state index is 11.4. The van der Waals surface area contributed by atoms with Crippen LogP contribution in [0.5, 0.6) is 0 Å². The van der Waals surface area contributed by atoms with Gasteiger partial charge in [0, 0.05) is 13.2 Å². The van der Waals surface area contributed by atoms with E-state index in [4.69, 9.17) is 28.4 Å². The zero-order valence-electron chi connectivity index (χ0n) is 16.2. The third kappa shape index (κ3) is 19.1. The molecule has 0 heterocycles. The van der Waals surface area contributed by atoms with Crippen LogP contribution < -0.4 is 0 Å². The summed E-state index contributed by atoms with van der Waals surface area (Å²) >= 11 is 0. The molecule has 0 aliphatic heterocycles. The molecule has 0 spiro atoms. The summed E-state index contributed by atoms with van der Waals surface area (Å²) in [5.74, 6) is -0.904. The number of ether oxygens (including phenoxy) is 6. The van der Waals surface area contributed by atoms with Crippen molar-refractivity contribution in [2.75, 3.05) is 66.1 Å². The Morgan fingerprint density at radius 1 is 0.538 bits per heavy atom. The molecule has 0 aliphatic rings. The lowest BCUT2D eigenvalue weighted by molar-refractivity contribution is -0.154. The van der Waals surface area contributed by atoms with Crippen molar-refractivity contribution in [2.45, 2.75) is 39.5 Å². The Morgan fingerprint density at radius 2 is 0.923 bits per heavy atom. The minimum atomic E-state index is -0.452. The van der Waals surface area contributed by atoms with E-state index in [0.29, 0.717) is 26.4 Å². The summed E-state index contributed by atoms with van der Waals surface area (Å²) in [5, 5.41) is 0. The third-order valence-corrected chi connectivity index (χ3v) is 3.08. The van der Waals surface area contributed by atoms with Crippen LogP contribution in [0.3, 0.4) is 0 Å². The molecule has 0 N–H and O–H groups in total. The minimum absolute atomic E-state index is 0.155. The fourth-order valence-electron chi connectivity index (χ4n) is 1.64. The van der Waals surface area contributed by atoms with Gasteiger partial charge in [0.05, 0.1) is 26.4 Å². The Hall–Kier alpha value is -1.22. The number of carbonyl (C=O) groups excluding carboxylic acids is 2. The Balaban J connectivity index is 3.28. The Morgan fingerprint density at radius 3 is 1.31 bits per heavy atom. The van der Waals surface area contributed by atoms with E-state index in [9.17, 15) is 9.59 Å². The first-order valence-electron chi connectivity index (χ1n) is 9.32. The van der Waals surface area contributed by atoms with E-state index in [1.54, 1.807) is 0 Å². The summed E-state index contributed by atoms with van der Waals surface area (Å²) in [6.07, 6.45) is 4.14. The molecule has 8 nitrogen and oxygen atoms in total. The van der Waals surface area contributed by atoms with Gasteiger partial charge in [-0.05, 0) is 12.8 Å². The topological polar surface area (TPSA) is 89.5 Å². The first kappa shape index (κ1) is 24.8. The smallest absolute Gasteiger partial charge is 0.332 e. The normalized spacial score (nSPS) is 10.7. The molecule has 0 amide bonds. The van der Waals surface area contributed by atoms with Crippen molar-refractivity contribution < 1.29 is 38.0 Å². The van der Waals surface area contributed by atoms with Crippen LogP contribution in [0, 0.1) is 0 Å². The number of hydrogen-bond donors (Lipinski definition) is 0. The Kier molecular flexibility index (Phi) is 19.2. The molecule has 26 heavy (non-hydrogen) atoms. The van der Waals surface area contributed by atoms with E-state index >= 15 is 0 Å². The molecule has 0 aromatic heterocycles. The highest BCUT2D eigenvalue weighted by molar-refractivity contribution is 5.71. The van der Waals surface area contributed by atoms with E-state index in [-0.39, 0.29) is 39.6 Å². The molecule has 0 saturated carbocycles. The van der Waals surface area contributed by atoms with Gasteiger partial charge in [0.15, 0.2) is 0 Å². The van der Waals surface area contributed by atoms with Gasteiger partial charge in [0.1, 0.15) is 26.4 Å². The highest BCUT2D eigenvalue weighted by atomic mass is 16.6. The lowest BCUT2D eigenvalue weighted by Gasteiger charge is -2.08. The average Bonchev–Trinajstić information content (AvgIpc) is 2.63. The number of unbranched alkanes of at least 4 members (excludes halogenated alkanes) is 2. The minimum Gasteiger partial charge on any atom is -0.462 e. The van der Waals surface area contributed by atoms with Crippen molar-refractivity contribution in [1.82, 2.24) is 0 Å². The van der Waals surface area contributed by atoms with Crippen molar-refractivity contribution in [1.29, 1.82) is 0 Å². The van der Waals surface area contributed by atoms with E-state index < -0.39 is 11.9 Å². The lowest BCUT2D eigenvalue weighted by atomic mass is 10.4. The van der Waals surface area contributed by atoms with E-state index in [1.165, 1.54) is 0 Å². The fraction of sp³-hybridized carbons (Fsp3) is 0.889. The zero-order chi connectivity index (χ0) is 19.3. The molecule has 154 valence electrons. The van der Waals surface area contributed by atoms with Crippen LogP contribution in [0.15, 0.2) is 0 Å². The van der Waals surface area contributed by atoms with Crippen LogP contribution in [-0.4, -0.2) is 78.0 Å². The van der Waals surface area contributed by atoms with Gasteiger partial charge in [-0.2, -0.15) is 0 Å². The molecular formula is C18H34O8. The predicted molar refractivity (Wildman–Crippen MR) is 95.0 cm³/mol. The van der Waals surface area contributed by atoms with Crippen molar-refractivity contribution in [3.8, 4) is 0 Å². The first-order valence-corrected chi connectivity index (χ1v) is 9.32. The standard InChI is InChI=1S/C18H34O8/c1-3-5-7-21-11-13-25-17(19)15-23-9-10-24-16-18(20)26-14-12-22-8-6-4-2/h3-16H2,1-2H3. The van der Waals surface area contributed by atoms with Crippen LogP contribution in [0.2, 0.25) is 0 Å². The molecule has 0 fully saturated rings. The molecule has 0 atom stereocenters. The lowest BCUT2D eigenvalue weighted by Crippen LogP contribution is -2.20. The number of hydrogen-bond acceptors (Lipinski definition) is 8. The molecule has 0 aromatic carbocycles. The quantitative estimate of drug-likeness (QED) is 0.248. The van der Waals surface area contributed by atoms with Gasteiger partial charge in [-0.3, -0.25) is 0 Å². The van der Waals surface area contributed by atoms with Crippen LogP contribution in [0.4, 0.5) is 0 Å². The molecule has 0 aromatic rings. The molecular weight excluding hydrogens is 344 g/mol. The monoisotopic (exact) mass is 378 g/mol. The summed E-state index contributed by atoms with van der Waals surface area (Å²) < 4.78 is 30.6. The summed E-state index contributed by atoms with van der Waals surface area (Å²) in [4.78, 5) is 22.7. The SMILES string of the molecule is CCCCOCCOC(=O)COCCOCC(=O)OCCOCCCC. The Labute approximate surface area is 156 Å². The van der Waals surface area contributed by atoms with E-state index in [0.717, 1.165) is 25.7 Å². The van der Waals surface area contributed by atoms with Crippen molar-refractivity contribution in [3.63, 3.8) is 0 Å². The van der Waals surface area contributed by atoms with E-state index in [1.807, 2.05) is 0 Å². The largest absolute Gasteiger partial charge is 0.462 e. The summed E-state index contributed by atoms with van der Waals surface area (Å²) in [6, 6.07) is 0. The van der Waals surface area contributed by atoms with Gasteiger partial charge in [0.25, 0.3) is 0 Å². The molecule has 0 unspecified atom stereocenters. The maximum Gasteiger partial charge on any atom is 0.332 e. The predicted octanol–water partition coefficient (Wildman–Crippen LogP) is 1.74. The van der Waals surface area contributed by atoms with Crippen molar-refractivity contribution in [3.05, 3.63) is 0 Å². The first-order chi connectivity index (χ1) is 12.7. The van der Waals surface area contributed by atoms with Gasteiger partial charge >= 0.3 is 11.9 Å².